The highest BCUT2D eigenvalue weighted by atomic mass is 35.5. The molecule has 2 nitrogen and oxygen atoms in total. The number of hydrogen-bond donors (Lipinski definition) is 1. The fourth-order valence-corrected chi connectivity index (χ4v) is 1.97. The summed E-state index contributed by atoms with van der Waals surface area (Å²) >= 11 is 5.77. The van der Waals surface area contributed by atoms with Gasteiger partial charge in [-0.15, -0.1) is 0 Å². The van der Waals surface area contributed by atoms with Crippen molar-refractivity contribution < 1.29 is 9.13 Å². The maximum atomic E-state index is 13.9. The summed E-state index contributed by atoms with van der Waals surface area (Å²) in [7, 11) is 0. The Morgan fingerprint density at radius 3 is 2.78 bits per heavy atom. The van der Waals surface area contributed by atoms with Crippen LogP contribution in [0.1, 0.15) is 38.3 Å². The van der Waals surface area contributed by atoms with E-state index in [1.165, 1.54) is 6.07 Å². The molecule has 0 spiro atoms. The van der Waals surface area contributed by atoms with Crippen molar-refractivity contribution in [1.29, 1.82) is 0 Å². The van der Waals surface area contributed by atoms with Crippen molar-refractivity contribution in [1.82, 2.24) is 5.32 Å². The van der Waals surface area contributed by atoms with Gasteiger partial charge < -0.3 is 10.1 Å². The van der Waals surface area contributed by atoms with Crippen molar-refractivity contribution in [3.63, 3.8) is 0 Å². The van der Waals surface area contributed by atoms with E-state index in [4.69, 9.17) is 16.3 Å². The molecule has 1 unspecified atom stereocenters. The first-order valence-corrected chi connectivity index (χ1v) is 6.82. The zero-order chi connectivity index (χ0) is 13.4. The lowest BCUT2D eigenvalue weighted by Gasteiger charge is -2.19. The lowest BCUT2D eigenvalue weighted by Crippen LogP contribution is -2.24. The van der Waals surface area contributed by atoms with Gasteiger partial charge in [0.1, 0.15) is 5.82 Å². The van der Waals surface area contributed by atoms with Gasteiger partial charge in [-0.25, -0.2) is 4.39 Å². The highest BCUT2D eigenvalue weighted by molar-refractivity contribution is 6.30. The van der Waals surface area contributed by atoms with Crippen LogP contribution in [0.5, 0.6) is 0 Å². The third-order valence-electron chi connectivity index (χ3n) is 2.73. The molecule has 0 saturated heterocycles. The van der Waals surface area contributed by atoms with E-state index in [9.17, 15) is 4.39 Å². The van der Waals surface area contributed by atoms with Gasteiger partial charge in [0.2, 0.25) is 0 Å². The van der Waals surface area contributed by atoms with Crippen molar-refractivity contribution in [2.24, 2.45) is 0 Å². The third-order valence-corrected chi connectivity index (χ3v) is 2.97. The molecule has 1 rings (SSSR count). The molecule has 4 heteroatoms. The van der Waals surface area contributed by atoms with Crippen LogP contribution in [0, 0.1) is 5.82 Å². The van der Waals surface area contributed by atoms with Crippen LogP contribution < -0.4 is 5.32 Å². The lowest BCUT2D eigenvalue weighted by atomic mass is 10.0. The molecule has 1 aromatic carbocycles. The summed E-state index contributed by atoms with van der Waals surface area (Å²) in [6.45, 7) is 6.21. The van der Waals surface area contributed by atoms with Gasteiger partial charge in [-0.2, -0.15) is 0 Å². The Morgan fingerprint density at radius 1 is 1.39 bits per heavy atom. The summed E-state index contributed by atoms with van der Waals surface area (Å²) in [6, 6.07) is 4.81. The minimum absolute atomic E-state index is 0.0197. The fraction of sp³-hybridized carbons (Fsp3) is 0.571. The number of ether oxygens (including phenoxy) is 1. The van der Waals surface area contributed by atoms with Gasteiger partial charge >= 0.3 is 0 Å². The van der Waals surface area contributed by atoms with Gasteiger partial charge in [0.05, 0.1) is 0 Å². The third kappa shape index (κ3) is 4.92. The Hall–Kier alpha value is -0.640. The Kier molecular flexibility index (Phi) is 7.25. The second-order valence-corrected chi connectivity index (χ2v) is 4.59. The van der Waals surface area contributed by atoms with Crippen molar-refractivity contribution in [2.75, 3.05) is 19.8 Å². The minimum atomic E-state index is -0.257. The summed E-state index contributed by atoms with van der Waals surface area (Å²) in [5.41, 5.74) is 0.660. The summed E-state index contributed by atoms with van der Waals surface area (Å²) < 4.78 is 19.2. The Bertz CT molecular complexity index is 360. The largest absolute Gasteiger partial charge is 0.382 e. The molecule has 0 aliphatic heterocycles. The van der Waals surface area contributed by atoms with Gasteiger partial charge in [0, 0.05) is 29.8 Å². The van der Waals surface area contributed by atoms with Gasteiger partial charge in [-0.3, -0.25) is 0 Å². The highest BCUT2D eigenvalue weighted by Crippen LogP contribution is 2.23. The average Bonchev–Trinajstić information content (AvgIpc) is 2.34. The predicted octanol–water partition coefficient (Wildman–Crippen LogP) is 3.95. The smallest absolute Gasteiger partial charge is 0.129 e. The van der Waals surface area contributed by atoms with Crippen LogP contribution in [-0.4, -0.2) is 19.8 Å². The molecule has 0 saturated carbocycles. The second kappa shape index (κ2) is 8.46. The van der Waals surface area contributed by atoms with Crippen LogP contribution in [0.2, 0.25) is 5.02 Å². The fourth-order valence-electron chi connectivity index (χ4n) is 1.82. The van der Waals surface area contributed by atoms with E-state index in [-0.39, 0.29) is 11.9 Å². The molecule has 0 amide bonds. The topological polar surface area (TPSA) is 21.3 Å². The molecule has 1 atom stereocenters. The van der Waals surface area contributed by atoms with E-state index in [0.29, 0.717) is 23.8 Å². The van der Waals surface area contributed by atoms with Gasteiger partial charge in [-0.05, 0) is 38.4 Å². The maximum Gasteiger partial charge on any atom is 0.129 e. The van der Waals surface area contributed by atoms with Gasteiger partial charge in [-0.1, -0.05) is 24.6 Å². The minimum Gasteiger partial charge on any atom is -0.382 e. The monoisotopic (exact) mass is 273 g/mol. The molecule has 0 aliphatic carbocycles. The van der Waals surface area contributed by atoms with E-state index in [2.05, 4.69) is 12.2 Å². The Morgan fingerprint density at radius 2 is 2.17 bits per heavy atom. The lowest BCUT2D eigenvalue weighted by molar-refractivity contribution is 0.136. The number of rotatable bonds is 8. The summed E-state index contributed by atoms with van der Waals surface area (Å²) in [6.07, 6.45) is 1.77. The van der Waals surface area contributed by atoms with Crippen LogP contribution in [0.15, 0.2) is 18.2 Å². The highest BCUT2D eigenvalue weighted by Gasteiger charge is 2.15. The molecule has 0 aromatic heterocycles. The number of benzene rings is 1. The zero-order valence-electron chi connectivity index (χ0n) is 11.0. The van der Waals surface area contributed by atoms with Crippen LogP contribution in [0.3, 0.4) is 0 Å². The molecule has 1 aromatic rings. The first-order valence-electron chi connectivity index (χ1n) is 6.45. The summed E-state index contributed by atoms with van der Waals surface area (Å²) in [4.78, 5) is 0. The van der Waals surface area contributed by atoms with Crippen molar-refractivity contribution in [2.45, 2.75) is 32.7 Å². The first-order chi connectivity index (χ1) is 8.69. The second-order valence-electron chi connectivity index (χ2n) is 4.16. The normalized spacial score (nSPS) is 12.7. The summed E-state index contributed by atoms with van der Waals surface area (Å²) in [5, 5.41) is 3.77. The van der Waals surface area contributed by atoms with Crippen molar-refractivity contribution in [3.05, 3.63) is 34.6 Å². The zero-order valence-corrected chi connectivity index (χ0v) is 11.8. The summed E-state index contributed by atoms with van der Waals surface area (Å²) in [5.74, 6) is -0.257. The van der Waals surface area contributed by atoms with E-state index >= 15 is 0 Å². The molecular formula is C14H21ClFNO. The average molecular weight is 274 g/mol. The molecule has 0 fully saturated rings. The molecule has 0 bridgehead atoms. The van der Waals surface area contributed by atoms with E-state index in [1.807, 2.05) is 6.92 Å². The Balaban J connectivity index is 2.73. The van der Waals surface area contributed by atoms with Crippen molar-refractivity contribution in [3.8, 4) is 0 Å². The standard InChI is InChI=1S/C14H21ClFNO/c1-3-8-17-14(7-9-18-4-2)12-6-5-11(15)10-13(12)16/h5-6,10,14,17H,3-4,7-9H2,1-2H3. The quantitative estimate of drug-likeness (QED) is 0.724. The van der Waals surface area contributed by atoms with E-state index < -0.39 is 0 Å². The predicted molar refractivity (Wildman–Crippen MR) is 73.6 cm³/mol. The molecule has 0 heterocycles. The molecule has 18 heavy (non-hydrogen) atoms. The Labute approximate surface area is 113 Å². The van der Waals surface area contributed by atoms with Crippen molar-refractivity contribution >= 4 is 11.6 Å². The number of hydrogen-bond acceptors (Lipinski definition) is 2. The van der Waals surface area contributed by atoms with Gasteiger partial charge in [0.25, 0.3) is 0 Å². The molecule has 102 valence electrons. The van der Waals surface area contributed by atoms with Crippen LogP contribution >= 0.6 is 11.6 Å². The first kappa shape index (κ1) is 15.4. The number of nitrogens with one attached hydrogen (secondary N) is 1. The van der Waals surface area contributed by atoms with E-state index in [0.717, 1.165) is 19.4 Å². The van der Waals surface area contributed by atoms with Crippen LogP contribution in [-0.2, 0) is 4.74 Å². The molecule has 0 aliphatic rings. The SMILES string of the molecule is CCCNC(CCOCC)c1ccc(Cl)cc1F. The number of halogens is 2. The van der Waals surface area contributed by atoms with E-state index in [1.54, 1.807) is 12.1 Å². The van der Waals surface area contributed by atoms with Gasteiger partial charge in [0.15, 0.2) is 0 Å². The molecule has 1 N–H and O–H groups in total. The molecule has 0 radical (unpaired) electrons. The molecular weight excluding hydrogens is 253 g/mol. The van der Waals surface area contributed by atoms with Crippen LogP contribution in [0.25, 0.3) is 0 Å². The maximum absolute atomic E-state index is 13.9. The van der Waals surface area contributed by atoms with Crippen LogP contribution in [0.4, 0.5) is 4.39 Å².